The first-order chi connectivity index (χ1) is 8.51. The Hall–Kier alpha value is 0.247. The third kappa shape index (κ3) is 6.04. The number of phosphoric ester groups is 1. The first kappa shape index (κ1) is 19.2. The van der Waals surface area contributed by atoms with Crippen molar-refractivity contribution in [2.24, 2.45) is 0 Å². The van der Waals surface area contributed by atoms with Crippen LogP contribution in [-0.2, 0) is 22.6 Å². The van der Waals surface area contributed by atoms with Crippen LogP contribution in [0.4, 0.5) is 0 Å². The SMILES string of the molecule is COP(=O)(OC)OCC(CO)O[Si](C)(C)C(C)(C)C. The van der Waals surface area contributed by atoms with Crippen molar-refractivity contribution in [3.05, 3.63) is 0 Å². The third-order valence-corrected chi connectivity index (χ3v) is 9.23. The highest BCUT2D eigenvalue weighted by Gasteiger charge is 2.39. The Balaban J connectivity index is 4.58. The molecule has 1 unspecified atom stereocenters. The molecule has 0 saturated heterocycles. The van der Waals surface area contributed by atoms with Gasteiger partial charge in [-0.1, -0.05) is 20.8 Å². The zero-order valence-electron chi connectivity index (χ0n) is 12.9. The van der Waals surface area contributed by atoms with E-state index in [-0.39, 0.29) is 18.3 Å². The van der Waals surface area contributed by atoms with Crippen LogP contribution in [0.3, 0.4) is 0 Å². The molecule has 0 aromatic carbocycles. The second-order valence-electron chi connectivity index (χ2n) is 5.79. The molecule has 0 fully saturated rings. The van der Waals surface area contributed by atoms with E-state index in [4.69, 9.17) is 8.95 Å². The summed E-state index contributed by atoms with van der Waals surface area (Å²) in [5.74, 6) is 0. The Kier molecular flexibility index (Phi) is 7.41. The Morgan fingerprint density at radius 1 is 1.21 bits per heavy atom. The molecule has 0 aliphatic heterocycles. The molecule has 0 rings (SSSR count). The molecule has 0 bridgehead atoms. The summed E-state index contributed by atoms with van der Waals surface area (Å²) in [6.07, 6.45) is -0.542. The lowest BCUT2D eigenvalue weighted by atomic mass is 10.2. The minimum absolute atomic E-state index is 0.0205. The van der Waals surface area contributed by atoms with E-state index in [0.717, 1.165) is 0 Å². The molecular formula is C11H27O6PSi. The minimum atomic E-state index is -3.53. The Morgan fingerprint density at radius 3 is 2.00 bits per heavy atom. The second-order valence-corrected chi connectivity index (χ2v) is 12.4. The summed E-state index contributed by atoms with van der Waals surface area (Å²) in [5.41, 5.74) is 0. The maximum absolute atomic E-state index is 11.7. The second kappa shape index (κ2) is 7.31. The van der Waals surface area contributed by atoms with E-state index in [0.29, 0.717) is 0 Å². The van der Waals surface area contributed by atoms with Gasteiger partial charge in [0.2, 0.25) is 0 Å². The summed E-state index contributed by atoms with van der Waals surface area (Å²) >= 11 is 0. The highest BCUT2D eigenvalue weighted by atomic mass is 31.2. The Labute approximate surface area is 117 Å². The van der Waals surface area contributed by atoms with E-state index in [1.54, 1.807) is 0 Å². The third-order valence-electron chi connectivity index (χ3n) is 3.34. The van der Waals surface area contributed by atoms with Crippen molar-refractivity contribution in [1.29, 1.82) is 0 Å². The molecule has 8 heteroatoms. The number of phosphoric acid groups is 1. The molecule has 0 aromatic rings. The zero-order chi connectivity index (χ0) is 15.3. The highest BCUT2D eigenvalue weighted by molar-refractivity contribution is 7.48. The first-order valence-electron chi connectivity index (χ1n) is 6.16. The maximum atomic E-state index is 11.7. The van der Waals surface area contributed by atoms with Gasteiger partial charge in [-0.25, -0.2) is 4.57 Å². The topological polar surface area (TPSA) is 74.2 Å². The van der Waals surface area contributed by atoms with Crippen LogP contribution in [0.5, 0.6) is 0 Å². The molecular weight excluding hydrogens is 287 g/mol. The van der Waals surface area contributed by atoms with Gasteiger partial charge in [0.15, 0.2) is 8.32 Å². The first-order valence-corrected chi connectivity index (χ1v) is 10.5. The molecule has 0 saturated carbocycles. The monoisotopic (exact) mass is 314 g/mol. The van der Waals surface area contributed by atoms with Gasteiger partial charge < -0.3 is 9.53 Å². The molecule has 0 heterocycles. The fourth-order valence-electron chi connectivity index (χ4n) is 1.07. The number of aliphatic hydroxyl groups is 1. The van der Waals surface area contributed by atoms with Crippen LogP contribution in [0.15, 0.2) is 0 Å². The van der Waals surface area contributed by atoms with Crippen LogP contribution < -0.4 is 0 Å². The average Bonchev–Trinajstić information content (AvgIpc) is 2.32. The van der Waals surface area contributed by atoms with Crippen LogP contribution in [0, 0.1) is 0 Å². The van der Waals surface area contributed by atoms with Crippen molar-refractivity contribution >= 4 is 16.1 Å². The van der Waals surface area contributed by atoms with E-state index in [2.05, 4.69) is 42.9 Å². The highest BCUT2D eigenvalue weighted by Crippen LogP contribution is 2.47. The van der Waals surface area contributed by atoms with Gasteiger partial charge in [0.25, 0.3) is 0 Å². The van der Waals surface area contributed by atoms with Gasteiger partial charge >= 0.3 is 7.82 Å². The summed E-state index contributed by atoms with van der Waals surface area (Å²) in [7, 11) is -3.06. The molecule has 1 atom stereocenters. The standard InChI is InChI=1S/C11H27O6PSi/c1-11(2,3)19(6,7)17-10(8-12)9-16-18(13,14-4)15-5/h10,12H,8-9H2,1-7H3. The quantitative estimate of drug-likeness (QED) is 0.548. The van der Waals surface area contributed by atoms with Gasteiger partial charge in [0.05, 0.1) is 19.3 Å². The Morgan fingerprint density at radius 2 is 1.68 bits per heavy atom. The van der Waals surface area contributed by atoms with E-state index in [1.807, 2.05) is 0 Å². The molecule has 0 spiro atoms. The molecule has 0 aromatic heterocycles. The van der Waals surface area contributed by atoms with Crippen molar-refractivity contribution in [2.75, 3.05) is 27.4 Å². The fourth-order valence-corrected chi connectivity index (χ4v) is 3.11. The number of aliphatic hydroxyl groups excluding tert-OH is 1. The van der Waals surface area contributed by atoms with E-state index < -0.39 is 22.2 Å². The summed E-state index contributed by atoms with van der Waals surface area (Å²) in [6, 6.07) is 0. The van der Waals surface area contributed by atoms with E-state index in [1.165, 1.54) is 14.2 Å². The molecule has 0 aliphatic carbocycles. The van der Waals surface area contributed by atoms with Crippen molar-refractivity contribution in [3.8, 4) is 0 Å². The summed E-state index contributed by atoms with van der Waals surface area (Å²) in [5, 5.41) is 9.36. The lowest BCUT2D eigenvalue weighted by Crippen LogP contribution is -2.46. The van der Waals surface area contributed by atoms with E-state index >= 15 is 0 Å². The van der Waals surface area contributed by atoms with Gasteiger partial charge in [-0.05, 0) is 18.1 Å². The molecule has 1 N–H and O–H groups in total. The average molecular weight is 314 g/mol. The fraction of sp³-hybridized carbons (Fsp3) is 1.00. The molecule has 6 nitrogen and oxygen atoms in total. The maximum Gasteiger partial charge on any atom is 0.474 e. The predicted molar refractivity (Wildman–Crippen MR) is 76.7 cm³/mol. The van der Waals surface area contributed by atoms with Crippen LogP contribution in [0.1, 0.15) is 20.8 Å². The van der Waals surface area contributed by atoms with Gasteiger partial charge in [0, 0.05) is 14.2 Å². The Bertz CT molecular complexity index is 307. The van der Waals surface area contributed by atoms with Gasteiger partial charge in [-0.15, -0.1) is 0 Å². The predicted octanol–water partition coefficient (Wildman–Crippen LogP) is 2.79. The van der Waals surface area contributed by atoms with Gasteiger partial charge in [-0.3, -0.25) is 13.6 Å². The van der Waals surface area contributed by atoms with Gasteiger partial charge in [0.1, 0.15) is 0 Å². The molecule has 116 valence electrons. The summed E-state index contributed by atoms with van der Waals surface area (Å²) < 4.78 is 32.1. The molecule has 19 heavy (non-hydrogen) atoms. The van der Waals surface area contributed by atoms with Crippen LogP contribution in [0.25, 0.3) is 0 Å². The largest absolute Gasteiger partial charge is 0.474 e. The number of hydrogen-bond acceptors (Lipinski definition) is 6. The molecule has 0 radical (unpaired) electrons. The molecule has 0 aliphatic rings. The minimum Gasteiger partial charge on any atom is -0.409 e. The van der Waals surface area contributed by atoms with Crippen molar-refractivity contribution < 1.29 is 27.7 Å². The van der Waals surface area contributed by atoms with Crippen molar-refractivity contribution in [1.82, 2.24) is 0 Å². The van der Waals surface area contributed by atoms with Crippen LogP contribution >= 0.6 is 7.82 Å². The summed E-state index contributed by atoms with van der Waals surface area (Å²) in [6.45, 7) is 10.2. The lowest BCUT2D eigenvalue weighted by molar-refractivity contribution is 0.0431. The van der Waals surface area contributed by atoms with Crippen molar-refractivity contribution in [2.45, 2.75) is 45.0 Å². The summed E-state index contributed by atoms with van der Waals surface area (Å²) in [4.78, 5) is 0. The molecule has 0 amide bonds. The zero-order valence-corrected chi connectivity index (χ0v) is 14.8. The van der Waals surface area contributed by atoms with Crippen LogP contribution in [0.2, 0.25) is 18.1 Å². The van der Waals surface area contributed by atoms with Gasteiger partial charge in [-0.2, -0.15) is 0 Å². The van der Waals surface area contributed by atoms with E-state index in [9.17, 15) is 9.67 Å². The van der Waals surface area contributed by atoms with Crippen LogP contribution in [-0.4, -0.2) is 47.0 Å². The smallest absolute Gasteiger partial charge is 0.409 e. The van der Waals surface area contributed by atoms with Crippen molar-refractivity contribution in [3.63, 3.8) is 0 Å². The normalized spacial score (nSPS) is 15.6. The number of rotatable bonds is 8. The lowest BCUT2D eigenvalue weighted by Gasteiger charge is -2.38. The number of hydrogen-bond donors (Lipinski definition) is 1.